The van der Waals surface area contributed by atoms with Crippen molar-refractivity contribution in [2.24, 2.45) is 12.0 Å². The van der Waals surface area contributed by atoms with Crippen LogP contribution in [0.15, 0.2) is 41.4 Å². The van der Waals surface area contributed by atoms with Gasteiger partial charge in [0.15, 0.2) is 5.75 Å². The molecule has 0 unspecified atom stereocenters. The van der Waals surface area contributed by atoms with Gasteiger partial charge >= 0.3 is 0 Å². The molecule has 0 amide bonds. The number of aliphatic imine (C=N–C) groups is 1. The zero-order valence-electron chi connectivity index (χ0n) is 21.4. The lowest BCUT2D eigenvalue weighted by atomic mass is 10.1. The van der Waals surface area contributed by atoms with E-state index in [1.54, 1.807) is 14.2 Å². The Morgan fingerprint density at radius 1 is 1.11 bits per heavy atom. The van der Waals surface area contributed by atoms with E-state index in [1.165, 1.54) is 4.80 Å². The average molecular weight is 507 g/mol. The summed E-state index contributed by atoms with van der Waals surface area (Å²) < 4.78 is 5.78. The van der Waals surface area contributed by atoms with Crippen molar-refractivity contribution in [3.05, 3.63) is 64.9 Å². The molecule has 0 radical (unpaired) electrons. The zero-order valence-corrected chi connectivity index (χ0v) is 21.4. The topological polar surface area (TPSA) is 111 Å². The predicted octanol–water partition coefficient (Wildman–Crippen LogP) is 4.42. The fourth-order valence-corrected chi connectivity index (χ4v) is 4.77. The first-order valence-corrected chi connectivity index (χ1v) is 12.4. The smallest absolute Gasteiger partial charge is 0.293 e. The SMILES string of the molecule is [C-]#[N+]c1nc(Cc2cc(Nc3cccc(-c4nnn(C)n4)c3OC)c3c(n2)CC(C)=N3)ccc1N1CCC1. The number of nitrogens with zero attached hydrogens (tertiary/aromatic N) is 9. The number of fused-ring (bicyclic) bond motifs is 1. The van der Waals surface area contributed by atoms with Gasteiger partial charge in [0.2, 0.25) is 5.82 Å². The highest BCUT2D eigenvalue weighted by Crippen LogP contribution is 2.41. The van der Waals surface area contributed by atoms with Gasteiger partial charge < -0.3 is 19.8 Å². The van der Waals surface area contributed by atoms with Crippen LogP contribution in [0.2, 0.25) is 0 Å². The number of benzene rings is 1. The number of aryl methyl sites for hydroxylation is 1. The first-order chi connectivity index (χ1) is 18.5. The molecule has 1 aromatic carbocycles. The number of hydrogen-bond donors (Lipinski definition) is 1. The van der Waals surface area contributed by atoms with Crippen molar-refractivity contribution in [1.29, 1.82) is 0 Å². The lowest BCUT2D eigenvalue weighted by Gasteiger charge is -2.33. The number of ether oxygens (including phenoxy) is 1. The van der Waals surface area contributed by atoms with Crippen LogP contribution < -0.4 is 15.0 Å². The van der Waals surface area contributed by atoms with Crippen LogP contribution in [0.1, 0.15) is 30.4 Å². The number of nitrogens with one attached hydrogen (secondary N) is 1. The number of aromatic nitrogens is 6. The second kappa shape index (κ2) is 9.55. The Labute approximate surface area is 220 Å². The van der Waals surface area contributed by atoms with Crippen molar-refractivity contribution < 1.29 is 4.74 Å². The van der Waals surface area contributed by atoms with Gasteiger partial charge in [-0.1, -0.05) is 12.6 Å². The summed E-state index contributed by atoms with van der Waals surface area (Å²) in [4.78, 5) is 21.6. The molecule has 0 atom stereocenters. The third kappa shape index (κ3) is 4.30. The molecule has 4 aromatic rings. The van der Waals surface area contributed by atoms with Crippen LogP contribution in [-0.4, -0.2) is 56.1 Å². The van der Waals surface area contributed by atoms with Gasteiger partial charge in [-0.2, -0.15) is 4.80 Å². The average Bonchev–Trinajstić information content (AvgIpc) is 3.48. The number of tetrazole rings is 1. The molecule has 190 valence electrons. The first kappa shape index (κ1) is 23.5. The van der Waals surface area contributed by atoms with Gasteiger partial charge in [0.1, 0.15) is 11.4 Å². The van der Waals surface area contributed by atoms with Gasteiger partial charge in [0, 0.05) is 25.2 Å². The van der Waals surface area contributed by atoms with E-state index >= 15 is 0 Å². The molecule has 0 bridgehead atoms. The summed E-state index contributed by atoms with van der Waals surface area (Å²) in [7, 11) is 3.34. The summed E-state index contributed by atoms with van der Waals surface area (Å²) in [5.41, 5.74) is 7.61. The lowest BCUT2D eigenvalue weighted by Crippen LogP contribution is -2.37. The van der Waals surface area contributed by atoms with Crippen molar-refractivity contribution in [2.75, 3.05) is 30.4 Å². The van der Waals surface area contributed by atoms with E-state index in [4.69, 9.17) is 21.3 Å². The van der Waals surface area contributed by atoms with E-state index in [9.17, 15) is 0 Å². The van der Waals surface area contributed by atoms with Gasteiger partial charge in [0.25, 0.3) is 5.82 Å². The van der Waals surface area contributed by atoms with Crippen molar-refractivity contribution in [1.82, 2.24) is 30.2 Å². The molecule has 11 nitrogen and oxygen atoms in total. The Morgan fingerprint density at radius 3 is 2.68 bits per heavy atom. The summed E-state index contributed by atoms with van der Waals surface area (Å²) in [5.74, 6) is 1.53. The molecular formula is C27H26N10O. The van der Waals surface area contributed by atoms with Crippen molar-refractivity contribution in [3.8, 4) is 17.1 Å². The fourth-order valence-electron chi connectivity index (χ4n) is 4.77. The standard InChI is InChI=1S/C27H26N10O/c1-16-13-21-24(29-16)22(32-20-8-5-7-19(25(20)38-4)26-33-35-36(3)34-26)15-18(30-21)14-17-9-10-23(27(28-2)31-17)37-11-6-12-37/h5,7-10,15H,6,11-14H2,1,3-4H3,(H,30,32). The fraction of sp³-hybridized carbons (Fsp3) is 0.296. The maximum Gasteiger partial charge on any atom is 0.293 e. The highest BCUT2D eigenvalue weighted by Gasteiger charge is 2.23. The Bertz CT molecular complexity index is 1610. The van der Waals surface area contributed by atoms with E-state index in [1.807, 2.05) is 43.3 Å². The van der Waals surface area contributed by atoms with Crippen LogP contribution >= 0.6 is 0 Å². The van der Waals surface area contributed by atoms with Crippen LogP contribution in [0, 0.1) is 6.57 Å². The molecule has 38 heavy (non-hydrogen) atoms. The Hall–Kier alpha value is -4.85. The van der Waals surface area contributed by atoms with Crippen LogP contribution in [-0.2, 0) is 19.9 Å². The minimum absolute atomic E-state index is 0.444. The third-order valence-corrected chi connectivity index (χ3v) is 6.66. The molecule has 1 saturated heterocycles. The van der Waals surface area contributed by atoms with Crippen molar-refractivity contribution >= 4 is 34.3 Å². The number of pyridine rings is 2. The van der Waals surface area contributed by atoms with E-state index in [-0.39, 0.29) is 0 Å². The normalized spacial score (nSPS) is 13.9. The third-order valence-electron chi connectivity index (χ3n) is 6.66. The Balaban J connectivity index is 1.35. The molecular weight excluding hydrogens is 480 g/mol. The zero-order chi connectivity index (χ0) is 26.2. The quantitative estimate of drug-likeness (QED) is 0.367. The van der Waals surface area contributed by atoms with E-state index in [0.717, 1.165) is 70.6 Å². The second-order valence-corrected chi connectivity index (χ2v) is 9.37. The van der Waals surface area contributed by atoms with Crippen molar-refractivity contribution in [3.63, 3.8) is 0 Å². The second-order valence-electron chi connectivity index (χ2n) is 9.37. The summed E-state index contributed by atoms with van der Waals surface area (Å²) in [6, 6.07) is 11.8. The number of methoxy groups -OCH3 is 1. The van der Waals surface area contributed by atoms with Gasteiger partial charge in [-0.3, -0.25) is 9.98 Å². The van der Waals surface area contributed by atoms with Crippen LogP contribution in [0.3, 0.4) is 0 Å². The van der Waals surface area contributed by atoms with Crippen LogP contribution in [0.4, 0.5) is 28.6 Å². The molecule has 3 aromatic heterocycles. The van der Waals surface area contributed by atoms with Crippen LogP contribution in [0.5, 0.6) is 5.75 Å². The molecule has 5 heterocycles. The Morgan fingerprint density at radius 2 is 1.97 bits per heavy atom. The van der Waals surface area contributed by atoms with Crippen LogP contribution in [0.25, 0.3) is 16.2 Å². The number of hydrogen-bond acceptors (Lipinski definition) is 9. The van der Waals surface area contributed by atoms with E-state index < -0.39 is 0 Å². The Kier molecular flexibility index (Phi) is 5.92. The molecule has 6 rings (SSSR count). The minimum atomic E-state index is 0.444. The molecule has 0 spiro atoms. The lowest BCUT2D eigenvalue weighted by molar-refractivity contribution is 0.418. The summed E-state index contributed by atoms with van der Waals surface area (Å²) in [6.45, 7) is 11.6. The highest BCUT2D eigenvalue weighted by atomic mass is 16.5. The predicted molar refractivity (Wildman–Crippen MR) is 145 cm³/mol. The molecule has 0 saturated carbocycles. The minimum Gasteiger partial charge on any atom is -0.494 e. The first-order valence-electron chi connectivity index (χ1n) is 12.4. The molecule has 2 aliphatic heterocycles. The van der Waals surface area contributed by atoms with Gasteiger partial charge in [-0.05, 0) is 48.9 Å². The summed E-state index contributed by atoms with van der Waals surface area (Å²) >= 11 is 0. The maximum absolute atomic E-state index is 7.62. The maximum atomic E-state index is 7.62. The molecule has 1 fully saturated rings. The monoisotopic (exact) mass is 506 g/mol. The molecule has 0 aliphatic carbocycles. The van der Waals surface area contributed by atoms with Crippen molar-refractivity contribution in [2.45, 2.75) is 26.2 Å². The molecule has 11 heteroatoms. The number of para-hydroxylation sites is 1. The summed E-state index contributed by atoms with van der Waals surface area (Å²) in [6.07, 6.45) is 2.34. The largest absolute Gasteiger partial charge is 0.494 e. The van der Waals surface area contributed by atoms with Gasteiger partial charge in [-0.15, -0.1) is 15.2 Å². The number of anilines is 3. The highest BCUT2D eigenvalue weighted by molar-refractivity contribution is 5.95. The summed E-state index contributed by atoms with van der Waals surface area (Å²) in [5, 5.41) is 15.9. The molecule has 2 aliphatic rings. The number of rotatable bonds is 7. The van der Waals surface area contributed by atoms with Gasteiger partial charge in [-0.25, -0.2) is 0 Å². The molecule has 1 N–H and O–H groups in total. The van der Waals surface area contributed by atoms with E-state index in [2.05, 4.69) is 35.5 Å². The van der Waals surface area contributed by atoms with Gasteiger partial charge in [0.05, 0.1) is 54.6 Å². The van der Waals surface area contributed by atoms with E-state index in [0.29, 0.717) is 30.2 Å².